The van der Waals surface area contributed by atoms with Crippen LogP contribution < -0.4 is 5.32 Å². The molecule has 0 aromatic heterocycles. The highest BCUT2D eigenvalue weighted by molar-refractivity contribution is 6.20. The van der Waals surface area contributed by atoms with Gasteiger partial charge in [0, 0.05) is 17.5 Å². The van der Waals surface area contributed by atoms with E-state index in [1.54, 1.807) is 0 Å². The lowest BCUT2D eigenvalue weighted by molar-refractivity contribution is -0.137. The highest BCUT2D eigenvalue weighted by Crippen LogP contribution is 2.29. The maximum absolute atomic E-state index is 12.4. The van der Waals surface area contributed by atoms with Crippen LogP contribution in [-0.4, -0.2) is 17.8 Å². The quantitative estimate of drug-likeness (QED) is 0.830. The van der Waals surface area contributed by atoms with Gasteiger partial charge in [0.25, 0.3) is 5.91 Å². The van der Waals surface area contributed by atoms with Gasteiger partial charge in [0.1, 0.15) is 0 Å². The second kappa shape index (κ2) is 6.69. The SMILES string of the molecule is O=C(NCC1CCCC(Cl)C1)c1ccc(C(F)(F)F)cc1. The molecule has 2 atom stereocenters. The molecule has 0 heterocycles. The fourth-order valence-electron chi connectivity index (χ4n) is 2.56. The number of halogens is 4. The van der Waals surface area contributed by atoms with Crippen LogP contribution >= 0.6 is 11.6 Å². The molecular weight excluding hydrogens is 303 g/mol. The maximum Gasteiger partial charge on any atom is 0.416 e. The zero-order valence-corrected chi connectivity index (χ0v) is 12.2. The minimum absolute atomic E-state index is 0.159. The van der Waals surface area contributed by atoms with E-state index >= 15 is 0 Å². The summed E-state index contributed by atoms with van der Waals surface area (Å²) in [6.45, 7) is 0.517. The molecule has 0 aliphatic heterocycles. The van der Waals surface area contributed by atoms with Gasteiger partial charge in [-0.15, -0.1) is 11.6 Å². The molecule has 2 unspecified atom stereocenters. The Morgan fingerprint density at radius 3 is 2.48 bits per heavy atom. The summed E-state index contributed by atoms with van der Waals surface area (Å²) in [6.07, 6.45) is -0.433. The standard InChI is InChI=1S/C15H17ClF3NO/c16-13-3-1-2-10(8-13)9-20-14(21)11-4-6-12(7-5-11)15(17,18)19/h4-7,10,13H,1-3,8-9H2,(H,20,21). The van der Waals surface area contributed by atoms with Crippen molar-refractivity contribution >= 4 is 17.5 Å². The van der Waals surface area contributed by atoms with Gasteiger partial charge in [0.2, 0.25) is 0 Å². The molecule has 6 heteroatoms. The molecular formula is C15H17ClF3NO. The molecule has 1 aliphatic rings. The summed E-state index contributed by atoms with van der Waals surface area (Å²) < 4.78 is 37.3. The van der Waals surface area contributed by atoms with Crippen molar-refractivity contribution in [2.75, 3.05) is 6.54 Å². The average Bonchev–Trinajstić information content (AvgIpc) is 2.44. The van der Waals surface area contributed by atoms with Crippen LogP contribution in [-0.2, 0) is 6.18 Å². The molecule has 0 spiro atoms. The lowest BCUT2D eigenvalue weighted by Crippen LogP contribution is -2.32. The first kappa shape index (κ1) is 16.1. The molecule has 1 N–H and O–H groups in total. The van der Waals surface area contributed by atoms with E-state index < -0.39 is 11.7 Å². The van der Waals surface area contributed by atoms with Crippen LogP contribution in [0, 0.1) is 5.92 Å². The van der Waals surface area contributed by atoms with Crippen molar-refractivity contribution in [3.63, 3.8) is 0 Å². The Morgan fingerprint density at radius 2 is 1.90 bits per heavy atom. The number of hydrogen-bond donors (Lipinski definition) is 1. The Morgan fingerprint density at radius 1 is 1.24 bits per heavy atom. The number of alkyl halides is 4. The molecule has 1 aliphatic carbocycles. The number of carbonyl (C=O) groups excluding carboxylic acids is 1. The zero-order chi connectivity index (χ0) is 15.5. The third-order valence-corrected chi connectivity index (χ3v) is 4.14. The van der Waals surface area contributed by atoms with Gasteiger partial charge in [0.15, 0.2) is 0 Å². The molecule has 1 amide bonds. The van der Waals surface area contributed by atoms with Crippen LogP contribution in [0.3, 0.4) is 0 Å². The topological polar surface area (TPSA) is 29.1 Å². The second-order valence-electron chi connectivity index (χ2n) is 5.42. The lowest BCUT2D eigenvalue weighted by Gasteiger charge is -2.25. The van der Waals surface area contributed by atoms with Crippen molar-refractivity contribution in [2.45, 2.75) is 37.2 Å². The first-order valence-corrected chi connectivity index (χ1v) is 7.39. The summed E-state index contributed by atoms with van der Waals surface area (Å²) in [5.74, 6) is 0.0000637. The van der Waals surface area contributed by atoms with Crippen molar-refractivity contribution in [1.82, 2.24) is 5.32 Å². The highest BCUT2D eigenvalue weighted by Gasteiger charge is 2.30. The van der Waals surface area contributed by atoms with Gasteiger partial charge >= 0.3 is 6.18 Å². The summed E-state index contributed by atoms with van der Waals surface area (Å²) >= 11 is 6.08. The highest BCUT2D eigenvalue weighted by atomic mass is 35.5. The molecule has 0 saturated heterocycles. The Balaban J connectivity index is 1.88. The van der Waals surface area contributed by atoms with Crippen LogP contribution in [0.4, 0.5) is 13.2 Å². The number of carbonyl (C=O) groups is 1. The Hall–Kier alpha value is -1.23. The van der Waals surface area contributed by atoms with Gasteiger partial charge in [-0.3, -0.25) is 4.79 Å². The number of rotatable bonds is 3. The molecule has 21 heavy (non-hydrogen) atoms. The minimum atomic E-state index is -4.38. The second-order valence-corrected chi connectivity index (χ2v) is 6.03. The van der Waals surface area contributed by atoms with Gasteiger partial charge in [-0.1, -0.05) is 6.42 Å². The molecule has 1 aromatic rings. The van der Waals surface area contributed by atoms with E-state index in [1.165, 1.54) is 12.1 Å². The summed E-state index contributed by atoms with van der Waals surface area (Å²) in [4.78, 5) is 11.9. The number of nitrogens with one attached hydrogen (secondary N) is 1. The predicted octanol–water partition coefficient (Wildman–Crippen LogP) is 4.23. The van der Waals surface area contributed by atoms with Crippen LogP contribution in [0.1, 0.15) is 41.6 Å². The maximum atomic E-state index is 12.4. The monoisotopic (exact) mass is 319 g/mol. The summed E-state index contributed by atoms with van der Waals surface area (Å²) in [7, 11) is 0. The van der Waals surface area contributed by atoms with E-state index in [2.05, 4.69) is 5.32 Å². The fraction of sp³-hybridized carbons (Fsp3) is 0.533. The predicted molar refractivity (Wildman–Crippen MR) is 75.4 cm³/mol. The Labute approximate surface area is 126 Å². The smallest absolute Gasteiger partial charge is 0.352 e. The van der Waals surface area contributed by atoms with Crippen molar-refractivity contribution in [1.29, 1.82) is 0 Å². The van der Waals surface area contributed by atoms with Gasteiger partial charge in [0.05, 0.1) is 5.56 Å². The Kier molecular flexibility index (Phi) is 5.14. The molecule has 2 rings (SSSR count). The third kappa shape index (κ3) is 4.63. The average molecular weight is 320 g/mol. The fourth-order valence-corrected chi connectivity index (χ4v) is 2.97. The number of amides is 1. The third-order valence-electron chi connectivity index (χ3n) is 3.74. The van der Waals surface area contributed by atoms with Gasteiger partial charge < -0.3 is 5.32 Å². The first-order chi connectivity index (χ1) is 9.86. The van der Waals surface area contributed by atoms with Gasteiger partial charge in [-0.05, 0) is 49.4 Å². The summed E-state index contributed by atoms with van der Waals surface area (Å²) in [6, 6.07) is 4.24. The molecule has 1 fully saturated rings. The summed E-state index contributed by atoms with van der Waals surface area (Å²) in [5, 5.41) is 2.93. The largest absolute Gasteiger partial charge is 0.416 e. The van der Waals surface area contributed by atoms with Crippen LogP contribution in [0.25, 0.3) is 0 Å². The number of hydrogen-bond acceptors (Lipinski definition) is 1. The van der Waals surface area contributed by atoms with Gasteiger partial charge in [-0.25, -0.2) is 0 Å². The molecule has 0 bridgehead atoms. The molecule has 0 radical (unpaired) electrons. The van der Waals surface area contributed by atoms with E-state index in [4.69, 9.17) is 11.6 Å². The number of benzene rings is 1. The van der Waals surface area contributed by atoms with Crippen molar-refractivity contribution in [2.24, 2.45) is 5.92 Å². The van der Waals surface area contributed by atoms with Crippen molar-refractivity contribution in [3.8, 4) is 0 Å². The van der Waals surface area contributed by atoms with Crippen molar-refractivity contribution < 1.29 is 18.0 Å². The first-order valence-electron chi connectivity index (χ1n) is 6.96. The van der Waals surface area contributed by atoms with E-state index in [0.717, 1.165) is 37.8 Å². The molecule has 1 aromatic carbocycles. The van der Waals surface area contributed by atoms with E-state index in [0.29, 0.717) is 12.5 Å². The normalized spacial score (nSPS) is 22.9. The van der Waals surface area contributed by atoms with Gasteiger partial charge in [-0.2, -0.15) is 13.2 Å². The van der Waals surface area contributed by atoms with Crippen LogP contribution in [0.15, 0.2) is 24.3 Å². The summed E-state index contributed by atoms with van der Waals surface area (Å²) in [5.41, 5.74) is -0.516. The van der Waals surface area contributed by atoms with Crippen molar-refractivity contribution in [3.05, 3.63) is 35.4 Å². The Bertz CT molecular complexity index is 487. The van der Waals surface area contributed by atoms with E-state index in [-0.39, 0.29) is 16.8 Å². The minimum Gasteiger partial charge on any atom is -0.352 e. The van der Waals surface area contributed by atoms with E-state index in [1.807, 2.05) is 0 Å². The lowest BCUT2D eigenvalue weighted by atomic mass is 9.89. The van der Waals surface area contributed by atoms with E-state index in [9.17, 15) is 18.0 Å². The molecule has 2 nitrogen and oxygen atoms in total. The molecule has 116 valence electrons. The molecule has 1 saturated carbocycles. The van der Waals surface area contributed by atoms with Crippen LogP contribution in [0.2, 0.25) is 0 Å². The zero-order valence-electron chi connectivity index (χ0n) is 11.4. The van der Waals surface area contributed by atoms with Crippen LogP contribution in [0.5, 0.6) is 0 Å².